The molecule has 1 fully saturated rings. The van der Waals surface area contributed by atoms with Crippen molar-refractivity contribution in [2.45, 2.75) is 26.3 Å². The Morgan fingerprint density at radius 3 is 2.91 bits per heavy atom. The van der Waals surface area contributed by atoms with Gasteiger partial charge < -0.3 is 15.4 Å². The third-order valence-electron chi connectivity index (χ3n) is 3.54. The molecule has 0 bridgehead atoms. The van der Waals surface area contributed by atoms with Gasteiger partial charge in [0.1, 0.15) is 12.4 Å². The van der Waals surface area contributed by atoms with E-state index < -0.39 is 9.84 Å². The second-order valence-electron chi connectivity index (χ2n) is 5.67. The van der Waals surface area contributed by atoms with E-state index >= 15 is 0 Å². The SMILES string of the molecule is CCNC(=NCCOc1cccc(C)c1)NC1CCS(=O)(=O)C1. The Kier molecular flexibility index (Phi) is 6.27. The van der Waals surface area contributed by atoms with E-state index in [1.165, 1.54) is 0 Å². The number of benzene rings is 1. The number of aliphatic imine (C=N–C) groups is 1. The van der Waals surface area contributed by atoms with Gasteiger partial charge in [-0.25, -0.2) is 13.4 Å². The zero-order valence-corrected chi connectivity index (χ0v) is 14.5. The Hall–Kier alpha value is -1.76. The summed E-state index contributed by atoms with van der Waals surface area (Å²) in [6.07, 6.45) is 0.631. The average Bonchev–Trinajstić information content (AvgIpc) is 2.83. The number of hydrogen-bond donors (Lipinski definition) is 2. The number of hydrogen-bond acceptors (Lipinski definition) is 4. The number of ether oxygens (including phenoxy) is 1. The van der Waals surface area contributed by atoms with Crippen LogP contribution in [0.3, 0.4) is 0 Å². The van der Waals surface area contributed by atoms with Crippen molar-refractivity contribution in [2.24, 2.45) is 4.99 Å². The van der Waals surface area contributed by atoms with E-state index in [9.17, 15) is 8.42 Å². The molecule has 0 radical (unpaired) electrons. The molecule has 0 aromatic heterocycles. The number of rotatable bonds is 6. The Bertz CT molecular complexity index is 644. The molecule has 1 aliphatic heterocycles. The second kappa shape index (κ2) is 8.19. The fourth-order valence-electron chi connectivity index (χ4n) is 2.45. The third-order valence-corrected chi connectivity index (χ3v) is 5.30. The molecular weight excluding hydrogens is 314 g/mol. The minimum absolute atomic E-state index is 0.0597. The summed E-state index contributed by atoms with van der Waals surface area (Å²) in [7, 11) is -2.89. The van der Waals surface area contributed by atoms with Crippen LogP contribution in [-0.2, 0) is 9.84 Å². The van der Waals surface area contributed by atoms with E-state index in [2.05, 4.69) is 15.6 Å². The van der Waals surface area contributed by atoms with E-state index in [1.807, 2.05) is 38.1 Å². The molecule has 1 unspecified atom stereocenters. The summed E-state index contributed by atoms with van der Waals surface area (Å²) in [4.78, 5) is 4.44. The van der Waals surface area contributed by atoms with Crippen molar-refractivity contribution >= 4 is 15.8 Å². The normalized spacial score (nSPS) is 20.3. The van der Waals surface area contributed by atoms with Crippen LogP contribution in [0.15, 0.2) is 29.3 Å². The first kappa shape index (κ1) is 17.6. The van der Waals surface area contributed by atoms with E-state index in [0.717, 1.165) is 17.9 Å². The van der Waals surface area contributed by atoms with Crippen LogP contribution in [0, 0.1) is 6.92 Å². The lowest BCUT2D eigenvalue weighted by Crippen LogP contribution is -2.44. The van der Waals surface area contributed by atoms with Gasteiger partial charge >= 0.3 is 0 Å². The van der Waals surface area contributed by atoms with Crippen LogP contribution in [-0.4, -0.2) is 51.6 Å². The summed E-state index contributed by atoms with van der Waals surface area (Å²) in [6, 6.07) is 7.82. The Balaban J connectivity index is 1.81. The first-order valence-corrected chi connectivity index (χ1v) is 9.75. The van der Waals surface area contributed by atoms with Crippen molar-refractivity contribution in [3.8, 4) is 5.75 Å². The van der Waals surface area contributed by atoms with Crippen LogP contribution in [0.2, 0.25) is 0 Å². The summed E-state index contributed by atoms with van der Waals surface area (Å²) in [6.45, 7) is 5.70. The van der Waals surface area contributed by atoms with E-state index in [-0.39, 0.29) is 17.5 Å². The summed E-state index contributed by atoms with van der Waals surface area (Å²) in [5.74, 6) is 1.90. The molecule has 7 heteroatoms. The van der Waals surface area contributed by atoms with Gasteiger partial charge in [0.15, 0.2) is 15.8 Å². The van der Waals surface area contributed by atoms with Crippen molar-refractivity contribution in [3.63, 3.8) is 0 Å². The summed E-state index contributed by atoms with van der Waals surface area (Å²) in [5, 5.41) is 6.32. The summed E-state index contributed by atoms with van der Waals surface area (Å²) in [5.41, 5.74) is 1.16. The number of nitrogens with one attached hydrogen (secondary N) is 2. The lowest BCUT2D eigenvalue weighted by molar-refractivity contribution is 0.328. The molecule has 2 N–H and O–H groups in total. The molecule has 1 atom stereocenters. The van der Waals surface area contributed by atoms with Gasteiger partial charge in [-0.15, -0.1) is 0 Å². The first-order chi connectivity index (χ1) is 11.0. The van der Waals surface area contributed by atoms with Gasteiger partial charge in [-0.05, 0) is 38.0 Å². The molecular formula is C16H25N3O3S. The molecule has 0 saturated carbocycles. The summed E-state index contributed by atoms with van der Waals surface area (Å²) < 4.78 is 28.7. The number of aryl methyl sites for hydroxylation is 1. The average molecular weight is 339 g/mol. The fourth-order valence-corrected chi connectivity index (χ4v) is 4.12. The Morgan fingerprint density at radius 2 is 2.26 bits per heavy atom. The molecule has 23 heavy (non-hydrogen) atoms. The maximum atomic E-state index is 11.5. The van der Waals surface area contributed by atoms with Crippen molar-refractivity contribution in [2.75, 3.05) is 31.2 Å². The zero-order valence-electron chi connectivity index (χ0n) is 13.7. The Morgan fingerprint density at radius 1 is 1.43 bits per heavy atom. The van der Waals surface area contributed by atoms with Crippen LogP contribution in [0.25, 0.3) is 0 Å². The van der Waals surface area contributed by atoms with E-state index in [0.29, 0.717) is 25.5 Å². The molecule has 2 rings (SSSR count). The highest BCUT2D eigenvalue weighted by atomic mass is 32.2. The topological polar surface area (TPSA) is 79.8 Å². The fraction of sp³-hybridized carbons (Fsp3) is 0.562. The van der Waals surface area contributed by atoms with Crippen molar-refractivity contribution in [1.29, 1.82) is 0 Å². The van der Waals surface area contributed by atoms with Crippen LogP contribution in [0.5, 0.6) is 5.75 Å². The van der Waals surface area contributed by atoms with Crippen molar-refractivity contribution < 1.29 is 13.2 Å². The molecule has 1 saturated heterocycles. The molecule has 1 aromatic rings. The maximum Gasteiger partial charge on any atom is 0.191 e. The lowest BCUT2D eigenvalue weighted by Gasteiger charge is -2.15. The Labute approximate surface area is 138 Å². The van der Waals surface area contributed by atoms with Crippen LogP contribution in [0.1, 0.15) is 18.9 Å². The van der Waals surface area contributed by atoms with Crippen LogP contribution >= 0.6 is 0 Å². The zero-order chi connectivity index (χ0) is 16.7. The second-order valence-corrected chi connectivity index (χ2v) is 7.90. The standard InChI is InChI=1S/C16H25N3O3S/c1-3-17-16(19-14-7-10-23(20,21)12-14)18-8-9-22-15-6-4-5-13(2)11-15/h4-6,11,14H,3,7-10,12H2,1-2H3,(H2,17,18,19). The highest BCUT2D eigenvalue weighted by Crippen LogP contribution is 2.12. The van der Waals surface area contributed by atoms with Gasteiger partial charge in [0.25, 0.3) is 0 Å². The number of nitrogens with zero attached hydrogens (tertiary/aromatic N) is 1. The molecule has 0 amide bonds. The molecule has 128 valence electrons. The molecule has 1 heterocycles. The van der Waals surface area contributed by atoms with Gasteiger partial charge in [-0.3, -0.25) is 0 Å². The maximum absolute atomic E-state index is 11.5. The van der Waals surface area contributed by atoms with Crippen molar-refractivity contribution in [3.05, 3.63) is 29.8 Å². The quantitative estimate of drug-likeness (QED) is 0.461. The van der Waals surface area contributed by atoms with Gasteiger partial charge in [0.05, 0.1) is 18.1 Å². The molecule has 0 spiro atoms. The van der Waals surface area contributed by atoms with Gasteiger partial charge in [0.2, 0.25) is 0 Å². The van der Waals surface area contributed by atoms with Crippen LogP contribution < -0.4 is 15.4 Å². The monoisotopic (exact) mass is 339 g/mol. The summed E-state index contributed by atoms with van der Waals surface area (Å²) >= 11 is 0. The van der Waals surface area contributed by atoms with Gasteiger partial charge in [-0.1, -0.05) is 12.1 Å². The predicted octanol–water partition coefficient (Wildman–Crippen LogP) is 1.12. The molecule has 1 aromatic carbocycles. The lowest BCUT2D eigenvalue weighted by atomic mass is 10.2. The van der Waals surface area contributed by atoms with E-state index in [4.69, 9.17) is 4.74 Å². The van der Waals surface area contributed by atoms with E-state index in [1.54, 1.807) is 0 Å². The molecule has 6 nitrogen and oxygen atoms in total. The first-order valence-electron chi connectivity index (χ1n) is 7.93. The number of sulfone groups is 1. The molecule has 0 aliphatic carbocycles. The van der Waals surface area contributed by atoms with Gasteiger partial charge in [0, 0.05) is 12.6 Å². The third kappa shape index (κ3) is 6.09. The van der Waals surface area contributed by atoms with Crippen LogP contribution in [0.4, 0.5) is 0 Å². The predicted molar refractivity (Wildman–Crippen MR) is 92.8 cm³/mol. The largest absolute Gasteiger partial charge is 0.492 e. The van der Waals surface area contributed by atoms with Crippen molar-refractivity contribution in [1.82, 2.24) is 10.6 Å². The minimum atomic E-state index is -2.89. The molecule has 1 aliphatic rings. The minimum Gasteiger partial charge on any atom is -0.492 e. The van der Waals surface area contributed by atoms with Gasteiger partial charge in [-0.2, -0.15) is 0 Å². The number of guanidine groups is 1. The highest BCUT2D eigenvalue weighted by molar-refractivity contribution is 7.91. The smallest absolute Gasteiger partial charge is 0.191 e. The highest BCUT2D eigenvalue weighted by Gasteiger charge is 2.28.